The van der Waals surface area contributed by atoms with Gasteiger partial charge >= 0.3 is 5.97 Å². The predicted octanol–water partition coefficient (Wildman–Crippen LogP) is -1.15. The van der Waals surface area contributed by atoms with Gasteiger partial charge in [0.1, 0.15) is 6.04 Å². The van der Waals surface area contributed by atoms with E-state index in [0.29, 0.717) is 13.0 Å². The van der Waals surface area contributed by atoms with Gasteiger partial charge in [-0.1, -0.05) is 0 Å². The summed E-state index contributed by atoms with van der Waals surface area (Å²) in [6.07, 6.45) is 1.45. The Labute approximate surface area is 70.7 Å². The Balaban J connectivity index is 2.85. The van der Waals surface area contributed by atoms with Crippen molar-refractivity contribution in [3.63, 3.8) is 0 Å². The molecule has 2 atom stereocenters. The molecule has 0 saturated carbocycles. The van der Waals surface area contributed by atoms with E-state index < -0.39 is 27.1 Å². The molecule has 0 radical (unpaired) electrons. The fourth-order valence-corrected chi connectivity index (χ4v) is 2.64. The zero-order valence-electron chi connectivity index (χ0n) is 6.65. The van der Waals surface area contributed by atoms with Crippen LogP contribution in [-0.2, 0) is 14.6 Å². The van der Waals surface area contributed by atoms with Crippen LogP contribution < -0.4 is 5.32 Å². The highest BCUT2D eigenvalue weighted by atomic mass is 32.2. The molecule has 12 heavy (non-hydrogen) atoms. The molecule has 1 rings (SSSR count). The quantitative estimate of drug-likeness (QED) is 0.578. The van der Waals surface area contributed by atoms with Crippen LogP contribution in [0, 0.1) is 0 Å². The van der Waals surface area contributed by atoms with Crippen LogP contribution in [-0.4, -0.2) is 43.6 Å². The predicted molar refractivity (Wildman–Crippen MR) is 42.7 cm³/mol. The van der Waals surface area contributed by atoms with Gasteiger partial charge in [-0.25, -0.2) is 8.42 Å². The van der Waals surface area contributed by atoms with Crippen LogP contribution in [0.3, 0.4) is 0 Å². The van der Waals surface area contributed by atoms with Crippen LogP contribution in [0.15, 0.2) is 0 Å². The average Bonchev–Trinajstić information content (AvgIpc) is 2.30. The van der Waals surface area contributed by atoms with Crippen LogP contribution in [0.5, 0.6) is 0 Å². The van der Waals surface area contributed by atoms with Gasteiger partial charge < -0.3 is 10.4 Å². The molecule has 6 heteroatoms. The molecular formula is C6H11NO4S. The minimum absolute atomic E-state index is 0.385. The zero-order valence-corrected chi connectivity index (χ0v) is 7.47. The van der Waals surface area contributed by atoms with Crippen molar-refractivity contribution in [3.8, 4) is 0 Å². The van der Waals surface area contributed by atoms with Crippen molar-refractivity contribution >= 4 is 15.8 Å². The van der Waals surface area contributed by atoms with Gasteiger partial charge in [-0.3, -0.25) is 4.79 Å². The minimum atomic E-state index is -3.24. The maximum atomic E-state index is 11.0. The van der Waals surface area contributed by atoms with Gasteiger partial charge in [-0.15, -0.1) is 0 Å². The first-order valence-corrected chi connectivity index (χ1v) is 5.53. The summed E-state index contributed by atoms with van der Waals surface area (Å²) in [4.78, 5) is 10.5. The van der Waals surface area contributed by atoms with Gasteiger partial charge in [0, 0.05) is 6.26 Å². The monoisotopic (exact) mass is 193 g/mol. The second-order valence-corrected chi connectivity index (χ2v) is 5.19. The summed E-state index contributed by atoms with van der Waals surface area (Å²) in [5.41, 5.74) is 0. The average molecular weight is 193 g/mol. The highest BCUT2D eigenvalue weighted by molar-refractivity contribution is 7.91. The number of carbonyl (C=O) groups is 1. The van der Waals surface area contributed by atoms with Gasteiger partial charge in [0.2, 0.25) is 0 Å². The Kier molecular flexibility index (Phi) is 2.39. The number of aliphatic carboxylic acids is 1. The minimum Gasteiger partial charge on any atom is -0.480 e. The molecule has 2 N–H and O–H groups in total. The molecule has 0 aliphatic carbocycles. The van der Waals surface area contributed by atoms with E-state index in [1.807, 2.05) is 0 Å². The lowest BCUT2D eigenvalue weighted by Gasteiger charge is -2.12. The lowest BCUT2D eigenvalue weighted by Crippen LogP contribution is -2.41. The lowest BCUT2D eigenvalue weighted by molar-refractivity contribution is -0.138. The lowest BCUT2D eigenvalue weighted by atomic mass is 10.2. The Bertz CT molecular complexity index is 284. The molecular weight excluding hydrogens is 182 g/mol. The van der Waals surface area contributed by atoms with E-state index in [2.05, 4.69) is 5.32 Å². The summed E-state index contributed by atoms with van der Waals surface area (Å²) >= 11 is 0. The zero-order chi connectivity index (χ0) is 9.35. The Morgan fingerprint density at radius 1 is 1.58 bits per heavy atom. The first-order chi connectivity index (χ1) is 5.43. The summed E-state index contributed by atoms with van der Waals surface area (Å²) in [6.45, 7) is 0.453. The Morgan fingerprint density at radius 2 is 2.17 bits per heavy atom. The second kappa shape index (κ2) is 3.02. The van der Waals surface area contributed by atoms with Crippen molar-refractivity contribution in [1.29, 1.82) is 0 Å². The first kappa shape index (κ1) is 9.47. The summed E-state index contributed by atoms with van der Waals surface area (Å²) in [6, 6.07) is -0.931. The SMILES string of the molecule is CS(=O)(=O)[C@H]1CCN[C@@H]1C(=O)O. The molecule has 70 valence electrons. The molecule has 1 saturated heterocycles. The van der Waals surface area contributed by atoms with E-state index in [1.54, 1.807) is 0 Å². The largest absolute Gasteiger partial charge is 0.480 e. The van der Waals surface area contributed by atoms with E-state index in [1.165, 1.54) is 0 Å². The molecule has 1 heterocycles. The maximum Gasteiger partial charge on any atom is 0.322 e. The molecule has 0 spiro atoms. The fourth-order valence-electron chi connectivity index (χ4n) is 1.39. The molecule has 1 aliphatic rings. The molecule has 0 amide bonds. The summed E-state index contributed by atoms with van der Waals surface area (Å²) in [7, 11) is -3.24. The molecule has 0 aromatic carbocycles. The molecule has 0 unspecified atom stereocenters. The van der Waals surface area contributed by atoms with Crippen LogP contribution in [0.1, 0.15) is 6.42 Å². The second-order valence-electron chi connectivity index (χ2n) is 2.93. The summed E-state index contributed by atoms with van der Waals surface area (Å²) < 4.78 is 22.1. The van der Waals surface area contributed by atoms with Gasteiger partial charge in [-0.2, -0.15) is 0 Å². The van der Waals surface area contributed by atoms with Crippen LogP contribution in [0.4, 0.5) is 0 Å². The topological polar surface area (TPSA) is 83.5 Å². The van der Waals surface area contributed by atoms with E-state index in [9.17, 15) is 13.2 Å². The molecule has 0 aromatic heterocycles. The first-order valence-electron chi connectivity index (χ1n) is 3.58. The standard InChI is InChI=1S/C6H11NO4S/c1-12(10,11)4-2-3-7-5(4)6(8)9/h4-5,7H,2-3H2,1H3,(H,8,9)/t4-,5-/m0/s1. The number of hydrogen-bond acceptors (Lipinski definition) is 4. The van der Waals surface area contributed by atoms with Crippen molar-refractivity contribution in [2.45, 2.75) is 17.7 Å². The van der Waals surface area contributed by atoms with Crippen molar-refractivity contribution in [2.75, 3.05) is 12.8 Å². The van der Waals surface area contributed by atoms with Crippen LogP contribution in [0.2, 0.25) is 0 Å². The molecule has 5 nitrogen and oxygen atoms in total. The number of sulfone groups is 1. The fraction of sp³-hybridized carbons (Fsp3) is 0.833. The van der Waals surface area contributed by atoms with Crippen molar-refractivity contribution in [3.05, 3.63) is 0 Å². The van der Waals surface area contributed by atoms with Gasteiger partial charge in [0.15, 0.2) is 9.84 Å². The van der Waals surface area contributed by atoms with Gasteiger partial charge in [0.25, 0.3) is 0 Å². The van der Waals surface area contributed by atoms with Gasteiger partial charge in [0.05, 0.1) is 5.25 Å². The van der Waals surface area contributed by atoms with Crippen molar-refractivity contribution in [1.82, 2.24) is 5.32 Å². The third-order valence-corrected chi connectivity index (χ3v) is 3.59. The number of carboxylic acid groups (broad SMARTS) is 1. The van der Waals surface area contributed by atoms with Crippen LogP contribution in [0.25, 0.3) is 0 Å². The maximum absolute atomic E-state index is 11.0. The van der Waals surface area contributed by atoms with E-state index in [4.69, 9.17) is 5.11 Å². The molecule has 0 bridgehead atoms. The normalized spacial score (nSPS) is 30.4. The summed E-state index contributed by atoms with van der Waals surface area (Å²) in [5, 5.41) is 10.5. The number of carboxylic acids is 1. The number of nitrogens with one attached hydrogen (secondary N) is 1. The smallest absolute Gasteiger partial charge is 0.322 e. The third-order valence-electron chi connectivity index (χ3n) is 1.98. The Morgan fingerprint density at radius 3 is 2.50 bits per heavy atom. The molecule has 1 aliphatic heterocycles. The van der Waals surface area contributed by atoms with Gasteiger partial charge in [-0.05, 0) is 13.0 Å². The van der Waals surface area contributed by atoms with E-state index >= 15 is 0 Å². The molecule has 0 aromatic rings. The highest BCUT2D eigenvalue weighted by Gasteiger charge is 2.38. The molecule has 1 fully saturated rings. The van der Waals surface area contributed by atoms with E-state index in [0.717, 1.165) is 6.26 Å². The Hall–Kier alpha value is -0.620. The highest BCUT2D eigenvalue weighted by Crippen LogP contribution is 2.15. The van der Waals surface area contributed by atoms with Crippen LogP contribution >= 0.6 is 0 Å². The third kappa shape index (κ3) is 1.75. The van der Waals surface area contributed by atoms with Crippen molar-refractivity contribution in [2.24, 2.45) is 0 Å². The van der Waals surface area contributed by atoms with Crippen molar-refractivity contribution < 1.29 is 18.3 Å². The number of hydrogen-bond donors (Lipinski definition) is 2. The van der Waals surface area contributed by atoms with E-state index in [-0.39, 0.29) is 0 Å². The number of rotatable bonds is 2. The summed E-state index contributed by atoms with van der Waals surface area (Å²) in [5.74, 6) is -1.09.